The van der Waals surface area contributed by atoms with Gasteiger partial charge in [-0.2, -0.15) is 0 Å². The second-order valence-electron chi connectivity index (χ2n) is 5.45. The predicted octanol–water partition coefficient (Wildman–Crippen LogP) is 1.53. The van der Waals surface area contributed by atoms with Crippen LogP contribution >= 0.6 is 0 Å². The van der Waals surface area contributed by atoms with Crippen molar-refractivity contribution in [1.29, 1.82) is 0 Å². The van der Waals surface area contributed by atoms with Gasteiger partial charge in [-0.1, -0.05) is 0 Å². The number of hydrogen-bond donors (Lipinski definition) is 4. The molecule has 9 nitrogen and oxygen atoms in total. The molecule has 27 heavy (non-hydrogen) atoms. The Kier molecular flexibility index (Phi) is 5.64. The molecular formula is C18H18O9. The molecule has 0 fully saturated rings. The van der Waals surface area contributed by atoms with Crippen molar-refractivity contribution in [1.82, 2.24) is 0 Å². The average molecular weight is 378 g/mol. The smallest absolute Gasteiger partial charge is 0.236 e. The lowest BCUT2D eigenvalue weighted by atomic mass is 9.99. The molecule has 0 bridgehead atoms. The molecule has 0 unspecified atom stereocenters. The quantitative estimate of drug-likeness (QED) is 0.416. The minimum Gasteiger partial charge on any atom is -0.507 e. The fourth-order valence-electron chi connectivity index (χ4n) is 2.50. The molecular weight excluding hydrogens is 360 g/mol. The van der Waals surface area contributed by atoms with Crippen LogP contribution in [0.4, 0.5) is 0 Å². The van der Waals surface area contributed by atoms with Crippen LogP contribution in [0.2, 0.25) is 0 Å². The summed E-state index contributed by atoms with van der Waals surface area (Å²) in [6, 6.07) is 3.48. The maximum atomic E-state index is 12.4. The van der Waals surface area contributed by atoms with Gasteiger partial charge in [0.05, 0.1) is 21.3 Å². The molecule has 0 aromatic heterocycles. The lowest BCUT2D eigenvalue weighted by molar-refractivity contribution is -0.114. The van der Waals surface area contributed by atoms with Crippen LogP contribution in [0.5, 0.6) is 40.2 Å². The summed E-state index contributed by atoms with van der Waals surface area (Å²) in [6.45, 7) is 0. The minimum absolute atomic E-state index is 0.0431. The Morgan fingerprint density at radius 2 is 1.37 bits per heavy atom. The summed E-state index contributed by atoms with van der Waals surface area (Å²) in [5.41, 5.74) is -0.392. The van der Waals surface area contributed by atoms with Crippen molar-refractivity contribution in [3.05, 3.63) is 29.3 Å². The third-order valence-electron chi connectivity index (χ3n) is 3.80. The molecule has 4 N–H and O–H groups in total. The van der Waals surface area contributed by atoms with Gasteiger partial charge in [-0.3, -0.25) is 9.59 Å². The highest BCUT2D eigenvalue weighted by atomic mass is 16.5. The van der Waals surface area contributed by atoms with Crippen LogP contribution in [0.3, 0.4) is 0 Å². The number of benzene rings is 2. The molecule has 0 aliphatic carbocycles. The van der Waals surface area contributed by atoms with Gasteiger partial charge in [0.15, 0.2) is 23.0 Å². The molecule has 0 aliphatic heterocycles. The number of phenolic OH excluding ortho intramolecular Hbond substituents is 4. The third kappa shape index (κ3) is 3.66. The van der Waals surface area contributed by atoms with Gasteiger partial charge in [-0.05, 0) is 17.7 Å². The van der Waals surface area contributed by atoms with Crippen LogP contribution in [0.15, 0.2) is 18.2 Å². The standard InChI is InChI=1S/C18H18O9/c1-25-12-5-8(6-13(26-2)16(12)23)4-10(20)15(22)14-9(19)7-11(21)18(27-3)17(14)24/h5-7,19,21,23-24H,4H2,1-3H3. The maximum absolute atomic E-state index is 12.4. The lowest BCUT2D eigenvalue weighted by Crippen LogP contribution is -2.17. The van der Waals surface area contributed by atoms with Gasteiger partial charge in [-0.25, -0.2) is 0 Å². The Bertz CT molecular complexity index is 877. The van der Waals surface area contributed by atoms with Gasteiger partial charge < -0.3 is 34.6 Å². The largest absolute Gasteiger partial charge is 0.507 e. The summed E-state index contributed by atoms with van der Waals surface area (Å²) < 4.78 is 14.7. The molecule has 144 valence electrons. The van der Waals surface area contributed by atoms with E-state index in [-0.39, 0.29) is 17.2 Å². The number of rotatable bonds is 7. The molecule has 2 rings (SSSR count). The lowest BCUT2D eigenvalue weighted by Gasteiger charge is -2.12. The van der Waals surface area contributed by atoms with E-state index in [0.717, 1.165) is 13.2 Å². The van der Waals surface area contributed by atoms with E-state index >= 15 is 0 Å². The van der Waals surface area contributed by atoms with Crippen molar-refractivity contribution in [2.45, 2.75) is 6.42 Å². The van der Waals surface area contributed by atoms with E-state index in [1.807, 2.05) is 0 Å². The molecule has 9 heteroatoms. The molecule has 0 spiro atoms. The Morgan fingerprint density at radius 3 is 1.85 bits per heavy atom. The van der Waals surface area contributed by atoms with Crippen molar-refractivity contribution in [2.75, 3.05) is 21.3 Å². The number of hydrogen-bond acceptors (Lipinski definition) is 9. The van der Waals surface area contributed by atoms with Gasteiger partial charge in [0.2, 0.25) is 23.1 Å². The van der Waals surface area contributed by atoms with Crippen molar-refractivity contribution in [2.24, 2.45) is 0 Å². The normalized spacial score (nSPS) is 10.3. The van der Waals surface area contributed by atoms with E-state index in [1.165, 1.54) is 26.4 Å². The van der Waals surface area contributed by atoms with Crippen LogP contribution in [-0.4, -0.2) is 53.3 Å². The molecule has 0 saturated carbocycles. The summed E-state index contributed by atoms with van der Waals surface area (Å²) in [5, 5.41) is 39.4. The number of aromatic hydroxyl groups is 4. The van der Waals surface area contributed by atoms with E-state index in [9.17, 15) is 30.0 Å². The number of ether oxygens (including phenoxy) is 3. The zero-order valence-electron chi connectivity index (χ0n) is 14.8. The molecule has 0 amide bonds. The zero-order valence-corrected chi connectivity index (χ0v) is 14.8. The summed E-state index contributed by atoms with van der Waals surface area (Å²) >= 11 is 0. The monoisotopic (exact) mass is 378 g/mol. The van der Waals surface area contributed by atoms with Gasteiger partial charge in [0, 0.05) is 12.5 Å². The van der Waals surface area contributed by atoms with Crippen LogP contribution in [-0.2, 0) is 11.2 Å². The fraction of sp³-hybridized carbons (Fsp3) is 0.222. The number of ketones is 2. The minimum atomic E-state index is -1.19. The topological polar surface area (TPSA) is 143 Å². The molecule has 0 saturated heterocycles. The number of carbonyl (C=O) groups excluding carboxylic acids is 2. The SMILES string of the molecule is COc1cc(CC(=O)C(=O)c2c(O)cc(O)c(OC)c2O)cc(OC)c1O. The second-order valence-corrected chi connectivity index (χ2v) is 5.45. The summed E-state index contributed by atoms with van der Waals surface area (Å²) in [6.07, 6.45) is -0.423. The summed E-state index contributed by atoms with van der Waals surface area (Å²) in [7, 11) is 3.75. The first kappa shape index (κ1) is 19.7. The van der Waals surface area contributed by atoms with E-state index in [4.69, 9.17) is 14.2 Å². The first-order valence-corrected chi connectivity index (χ1v) is 7.58. The molecule has 2 aromatic rings. The van der Waals surface area contributed by atoms with E-state index < -0.39 is 46.5 Å². The Labute approximate surface area is 154 Å². The highest BCUT2D eigenvalue weighted by Crippen LogP contribution is 2.43. The van der Waals surface area contributed by atoms with Crippen LogP contribution in [0.25, 0.3) is 0 Å². The molecule has 0 aliphatic rings. The molecule has 0 atom stereocenters. The first-order valence-electron chi connectivity index (χ1n) is 7.58. The molecule has 0 radical (unpaired) electrons. The van der Waals surface area contributed by atoms with E-state index in [0.29, 0.717) is 5.56 Å². The number of phenols is 4. The van der Waals surface area contributed by atoms with Crippen LogP contribution < -0.4 is 14.2 Å². The van der Waals surface area contributed by atoms with Crippen LogP contribution in [0, 0.1) is 0 Å². The fourth-order valence-corrected chi connectivity index (χ4v) is 2.50. The van der Waals surface area contributed by atoms with E-state index in [2.05, 4.69) is 0 Å². The summed E-state index contributed by atoms with van der Waals surface area (Å²) in [5.74, 6) is -5.00. The van der Waals surface area contributed by atoms with Crippen molar-refractivity contribution in [3.8, 4) is 40.2 Å². The van der Waals surface area contributed by atoms with Gasteiger partial charge in [-0.15, -0.1) is 0 Å². The van der Waals surface area contributed by atoms with Crippen molar-refractivity contribution in [3.63, 3.8) is 0 Å². The molecule has 0 heterocycles. The Balaban J connectivity index is 2.39. The zero-order chi connectivity index (χ0) is 20.3. The van der Waals surface area contributed by atoms with Crippen molar-refractivity contribution < 1.29 is 44.2 Å². The second kappa shape index (κ2) is 7.73. The number of methoxy groups -OCH3 is 3. The highest BCUT2D eigenvalue weighted by Gasteiger charge is 2.28. The number of carbonyl (C=O) groups is 2. The van der Waals surface area contributed by atoms with Gasteiger partial charge in [0.1, 0.15) is 11.3 Å². The Hall–Kier alpha value is -3.62. The third-order valence-corrected chi connectivity index (χ3v) is 3.80. The summed E-state index contributed by atoms with van der Waals surface area (Å²) in [4.78, 5) is 24.8. The van der Waals surface area contributed by atoms with Crippen LogP contribution in [0.1, 0.15) is 15.9 Å². The maximum Gasteiger partial charge on any atom is 0.236 e. The molecule has 2 aromatic carbocycles. The first-order chi connectivity index (χ1) is 12.7. The average Bonchev–Trinajstić information content (AvgIpc) is 2.62. The Morgan fingerprint density at radius 1 is 0.815 bits per heavy atom. The highest BCUT2D eigenvalue weighted by molar-refractivity contribution is 6.45. The number of Topliss-reactive ketones (excluding diaryl/α,β-unsaturated/α-hetero) is 2. The predicted molar refractivity (Wildman–Crippen MR) is 92.2 cm³/mol. The van der Waals surface area contributed by atoms with Crippen molar-refractivity contribution >= 4 is 11.6 Å². The van der Waals surface area contributed by atoms with E-state index in [1.54, 1.807) is 0 Å². The van der Waals surface area contributed by atoms with Gasteiger partial charge in [0.25, 0.3) is 0 Å². The van der Waals surface area contributed by atoms with Gasteiger partial charge >= 0.3 is 0 Å².